The second kappa shape index (κ2) is 4.61. The molecule has 4 aromatic heterocycles. The predicted octanol–water partition coefficient (Wildman–Crippen LogP) is 4.59. The van der Waals surface area contributed by atoms with Gasteiger partial charge in [0.05, 0.1) is 11.4 Å². The van der Waals surface area contributed by atoms with Crippen molar-refractivity contribution >= 4 is 32.8 Å². The fraction of sp³-hybridized carbons (Fsp3) is 0. The molecule has 0 unspecified atom stereocenters. The first-order valence-electron chi connectivity index (χ1n) is 7.37. The third kappa shape index (κ3) is 1.82. The van der Waals surface area contributed by atoms with Crippen molar-refractivity contribution in [2.24, 2.45) is 0 Å². The molecule has 0 radical (unpaired) electrons. The number of benzene rings is 1. The van der Waals surface area contributed by atoms with Gasteiger partial charge in [0, 0.05) is 34.7 Å². The van der Waals surface area contributed by atoms with Crippen LogP contribution in [0.25, 0.3) is 44.2 Å². The zero-order chi connectivity index (χ0) is 15.2. The Morgan fingerprint density at radius 1 is 0.783 bits per heavy atom. The summed E-state index contributed by atoms with van der Waals surface area (Å²) in [6.07, 6.45) is 5.40. The average molecular weight is 297 g/mol. The summed E-state index contributed by atoms with van der Waals surface area (Å²) in [4.78, 5) is 13.4. The van der Waals surface area contributed by atoms with Gasteiger partial charge < -0.3 is 4.42 Å². The Morgan fingerprint density at radius 3 is 2.70 bits per heavy atom. The Morgan fingerprint density at radius 2 is 1.70 bits per heavy atom. The first kappa shape index (κ1) is 12.3. The van der Waals surface area contributed by atoms with Gasteiger partial charge in [0.2, 0.25) is 5.71 Å². The van der Waals surface area contributed by atoms with E-state index in [1.807, 2.05) is 54.7 Å². The van der Waals surface area contributed by atoms with E-state index >= 15 is 0 Å². The predicted molar refractivity (Wildman–Crippen MR) is 90.0 cm³/mol. The molecule has 1 aromatic carbocycles. The van der Waals surface area contributed by atoms with E-state index in [2.05, 4.69) is 15.0 Å². The molecule has 0 aliphatic rings. The molecule has 0 atom stereocenters. The minimum absolute atomic E-state index is 0.631. The lowest BCUT2D eigenvalue weighted by Gasteiger charge is -2.04. The van der Waals surface area contributed by atoms with Crippen molar-refractivity contribution in [1.82, 2.24) is 15.0 Å². The van der Waals surface area contributed by atoms with Crippen molar-refractivity contribution in [3.63, 3.8) is 0 Å². The van der Waals surface area contributed by atoms with Crippen molar-refractivity contribution in [3.8, 4) is 11.4 Å². The number of para-hydroxylation sites is 1. The molecule has 0 saturated carbocycles. The molecule has 5 rings (SSSR count). The van der Waals surface area contributed by atoms with E-state index in [1.165, 1.54) is 0 Å². The number of pyridine rings is 3. The molecule has 0 amide bonds. The van der Waals surface area contributed by atoms with E-state index in [1.54, 1.807) is 12.4 Å². The van der Waals surface area contributed by atoms with Gasteiger partial charge in [-0.1, -0.05) is 18.2 Å². The van der Waals surface area contributed by atoms with Crippen LogP contribution < -0.4 is 0 Å². The van der Waals surface area contributed by atoms with Crippen LogP contribution in [0.15, 0.2) is 71.5 Å². The number of furan rings is 1. The molecular formula is C19H11N3O. The van der Waals surface area contributed by atoms with Crippen LogP contribution in [0.4, 0.5) is 0 Å². The molecule has 0 bridgehead atoms. The molecule has 0 spiro atoms. The largest absolute Gasteiger partial charge is 0.438 e. The van der Waals surface area contributed by atoms with E-state index < -0.39 is 0 Å². The van der Waals surface area contributed by atoms with Crippen LogP contribution in [0.5, 0.6) is 0 Å². The zero-order valence-electron chi connectivity index (χ0n) is 12.1. The number of hydrogen-bond acceptors (Lipinski definition) is 4. The summed E-state index contributed by atoms with van der Waals surface area (Å²) in [6, 6.07) is 15.9. The van der Waals surface area contributed by atoms with Gasteiger partial charge in [0.15, 0.2) is 0 Å². The maximum Gasteiger partial charge on any atom is 0.227 e. The molecule has 5 aromatic rings. The Bertz CT molecular complexity index is 1170. The summed E-state index contributed by atoms with van der Waals surface area (Å²) in [5.74, 6) is 0. The number of nitrogens with zero attached hydrogens (tertiary/aromatic N) is 3. The minimum atomic E-state index is 0.631. The van der Waals surface area contributed by atoms with E-state index in [0.29, 0.717) is 5.71 Å². The van der Waals surface area contributed by atoms with Crippen molar-refractivity contribution in [2.45, 2.75) is 0 Å². The highest BCUT2D eigenvalue weighted by Gasteiger charge is 2.11. The number of aromatic nitrogens is 3. The molecule has 0 N–H and O–H groups in total. The van der Waals surface area contributed by atoms with Crippen LogP contribution in [-0.4, -0.2) is 15.0 Å². The zero-order valence-corrected chi connectivity index (χ0v) is 12.1. The second-order valence-corrected chi connectivity index (χ2v) is 5.40. The Balaban J connectivity index is 1.81. The monoisotopic (exact) mass is 297 g/mol. The summed E-state index contributed by atoms with van der Waals surface area (Å²) in [5.41, 5.74) is 3.08. The van der Waals surface area contributed by atoms with Crippen LogP contribution in [0.3, 0.4) is 0 Å². The van der Waals surface area contributed by atoms with E-state index in [9.17, 15) is 0 Å². The summed E-state index contributed by atoms with van der Waals surface area (Å²) < 4.78 is 5.87. The number of hydrogen-bond donors (Lipinski definition) is 0. The van der Waals surface area contributed by atoms with E-state index in [-0.39, 0.29) is 0 Å². The standard InChI is InChI=1S/C19H11N3O/c1-2-4-17-13(3-1)14-5-6-16(22-19(14)23-17)18-15-11-20-9-7-12(15)8-10-21-18/h1-11H. The lowest BCUT2D eigenvalue weighted by molar-refractivity contribution is 0.654. The molecule has 0 aliphatic heterocycles. The van der Waals surface area contributed by atoms with Gasteiger partial charge in [-0.25, -0.2) is 4.98 Å². The molecule has 108 valence electrons. The van der Waals surface area contributed by atoms with Crippen LogP contribution in [-0.2, 0) is 0 Å². The van der Waals surface area contributed by atoms with Crippen LogP contribution in [0.1, 0.15) is 0 Å². The van der Waals surface area contributed by atoms with Gasteiger partial charge in [-0.2, -0.15) is 0 Å². The van der Waals surface area contributed by atoms with Crippen LogP contribution in [0, 0.1) is 0 Å². The van der Waals surface area contributed by atoms with Crippen molar-refractivity contribution in [1.29, 1.82) is 0 Å². The van der Waals surface area contributed by atoms with Gasteiger partial charge in [-0.3, -0.25) is 9.97 Å². The molecule has 0 aliphatic carbocycles. The summed E-state index contributed by atoms with van der Waals surface area (Å²) in [6.45, 7) is 0. The highest BCUT2D eigenvalue weighted by atomic mass is 16.3. The number of fused-ring (bicyclic) bond motifs is 4. The van der Waals surface area contributed by atoms with E-state index in [0.717, 1.165) is 38.5 Å². The van der Waals surface area contributed by atoms with Gasteiger partial charge in [0.1, 0.15) is 5.58 Å². The van der Waals surface area contributed by atoms with Crippen molar-refractivity contribution in [3.05, 3.63) is 67.1 Å². The van der Waals surface area contributed by atoms with Crippen molar-refractivity contribution < 1.29 is 4.42 Å². The highest BCUT2D eigenvalue weighted by Crippen LogP contribution is 2.30. The molecule has 0 saturated heterocycles. The lowest BCUT2D eigenvalue weighted by Crippen LogP contribution is -1.89. The average Bonchev–Trinajstić information content (AvgIpc) is 2.99. The van der Waals surface area contributed by atoms with Crippen molar-refractivity contribution in [2.75, 3.05) is 0 Å². The van der Waals surface area contributed by atoms with Gasteiger partial charge >= 0.3 is 0 Å². The summed E-state index contributed by atoms with van der Waals surface area (Å²) in [7, 11) is 0. The minimum Gasteiger partial charge on any atom is -0.438 e. The van der Waals surface area contributed by atoms with Crippen LogP contribution in [0.2, 0.25) is 0 Å². The van der Waals surface area contributed by atoms with Gasteiger partial charge in [-0.15, -0.1) is 0 Å². The molecule has 0 fully saturated rings. The SMILES string of the molecule is c1ccc2c(c1)oc1nc(-c3nccc4ccncc34)ccc12. The first-order valence-corrected chi connectivity index (χ1v) is 7.37. The Kier molecular flexibility index (Phi) is 2.46. The second-order valence-electron chi connectivity index (χ2n) is 5.40. The maximum atomic E-state index is 5.87. The highest BCUT2D eigenvalue weighted by molar-refractivity contribution is 6.04. The number of rotatable bonds is 1. The quantitative estimate of drug-likeness (QED) is 0.454. The molecular weight excluding hydrogens is 286 g/mol. The first-order chi connectivity index (χ1) is 11.4. The Labute approximate surface area is 131 Å². The summed E-state index contributed by atoms with van der Waals surface area (Å²) in [5, 5.41) is 4.17. The lowest BCUT2D eigenvalue weighted by atomic mass is 10.1. The maximum absolute atomic E-state index is 5.87. The topological polar surface area (TPSA) is 51.8 Å². The molecule has 4 heteroatoms. The molecule has 23 heavy (non-hydrogen) atoms. The summed E-state index contributed by atoms with van der Waals surface area (Å²) >= 11 is 0. The van der Waals surface area contributed by atoms with Gasteiger partial charge in [0.25, 0.3) is 0 Å². The normalized spacial score (nSPS) is 11.5. The van der Waals surface area contributed by atoms with E-state index in [4.69, 9.17) is 4.42 Å². The molecule has 4 nitrogen and oxygen atoms in total. The fourth-order valence-corrected chi connectivity index (χ4v) is 2.95. The Hall–Kier alpha value is -3.27. The third-order valence-electron chi connectivity index (χ3n) is 4.05. The fourth-order valence-electron chi connectivity index (χ4n) is 2.95. The molecule has 4 heterocycles. The van der Waals surface area contributed by atoms with Crippen LogP contribution >= 0.6 is 0 Å². The smallest absolute Gasteiger partial charge is 0.227 e. The third-order valence-corrected chi connectivity index (χ3v) is 4.05. The van der Waals surface area contributed by atoms with Gasteiger partial charge in [-0.05, 0) is 35.7 Å².